The van der Waals surface area contributed by atoms with Gasteiger partial charge in [-0.2, -0.15) is 0 Å². The molecular formula is C13H13N3O2S2. The second-order valence-corrected chi connectivity index (χ2v) is 6.37. The number of anilines is 1. The van der Waals surface area contributed by atoms with Gasteiger partial charge in [-0.15, -0.1) is 0 Å². The van der Waals surface area contributed by atoms with Gasteiger partial charge in [-0.05, 0) is 30.7 Å². The minimum absolute atomic E-state index is 0.138. The molecule has 0 spiro atoms. The fourth-order valence-corrected chi connectivity index (χ4v) is 2.79. The van der Waals surface area contributed by atoms with E-state index in [1.54, 1.807) is 24.4 Å². The summed E-state index contributed by atoms with van der Waals surface area (Å²) in [6.45, 7) is 1.84. The van der Waals surface area contributed by atoms with Crippen LogP contribution in [0, 0.1) is 6.92 Å². The lowest BCUT2D eigenvalue weighted by atomic mass is 10.2. The van der Waals surface area contributed by atoms with Crippen LogP contribution in [0.25, 0.3) is 0 Å². The molecule has 1 aromatic carbocycles. The number of rotatable bonds is 4. The molecule has 20 heavy (non-hydrogen) atoms. The lowest BCUT2D eigenvalue weighted by Crippen LogP contribution is -2.14. The van der Waals surface area contributed by atoms with E-state index >= 15 is 0 Å². The SMILES string of the molecule is Cc1cncc(NS(=O)(=O)c2ccc(C(N)=S)cc2)c1. The molecular weight excluding hydrogens is 294 g/mol. The molecule has 7 heteroatoms. The van der Waals surface area contributed by atoms with Crippen LogP contribution in [0.1, 0.15) is 11.1 Å². The first-order chi connectivity index (χ1) is 9.38. The normalized spacial score (nSPS) is 11.1. The van der Waals surface area contributed by atoms with Crippen molar-refractivity contribution in [3.8, 4) is 0 Å². The zero-order valence-electron chi connectivity index (χ0n) is 10.7. The predicted octanol–water partition coefficient (Wildman–Crippen LogP) is 1.83. The largest absolute Gasteiger partial charge is 0.389 e. The highest BCUT2D eigenvalue weighted by Crippen LogP contribution is 2.16. The van der Waals surface area contributed by atoms with Gasteiger partial charge in [0.2, 0.25) is 0 Å². The number of aryl methyl sites for hydroxylation is 1. The van der Waals surface area contributed by atoms with Gasteiger partial charge in [-0.3, -0.25) is 9.71 Å². The number of hydrogen-bond acceptors (Lipinski definition) is 4. The number of nitrogens with two attached hydrogens (primary N) is 1. The smallest absolute Gasteiger partial charge is 0.261 e. The number of benzene rings is 1. The summed E-state index contributed by atoms with van der Waals surface area (Å²) in [4.78, 5) is 4.30. The second kappa shape index (κ2) is 5.56. The Morgan fingerprint density at radius 3 is 2.45 bits per heavy atom. The van der Waals surface area contributed by atoms with Crippen LogP contribution in [0.2, 0.25) is 0 Å². The van der Waals surface area contributed by atoms with Crippen molar-refractivity contribution in [1.29, 1.82) is 0 Å². The van der Waals surface area contributed by atoms with Crippen LogP contribution in [0.4, 0.5) is 5.69 Å². The van der Waals surface area contributed by atoms with Gasteiger partial charge in [0.15, 0.2) is 0 Å². The van der Waals surface area contributed by atoms with Crippen LogP contribution < -0.4 is 10.5 Å². The molecule has 0 aliphatic heterocycles. The Hall–Kier alpha value is -1.99. The molecule has 1 aromatic heterocycles. The molecule has 5 nitrogen and oxygen atoms in total. The number of aromatic nitrogens is 1. The molecule has 0 aliphatic carbocycles. The number of sulfonamides is 1. The van der Waals surface area contributed by atoms with Crippen molar-refractivity contribution in [2.45, 2.75) is 11.8 Å². The number of nitrogens with one attached hydrogen (secondary N) is 1. The van der Waals surface area contributed by atoms with Gasteiger partial charge in [0.1, 0.15) is 4.99 Å². The van der Waals surface area contributed by atoms with Gasteiger partial charge in [0.05, 0.1) is 16.8 Å². The van der Waals surface area contributed by atoms with E-state index < -0.39 is 10.0 Å². The Bertz CT molecular complexity index is 740. The summed E-state index contributed by atoms with van der Waals surface area (Å²) in [6.07, 6.45) is 3.10. The van der Waals surface area contributed by atoms with Crippen molar-refractivity contribution in [2.24, 2.45) is 5.73 Å². The number of pyridine rings is 1. The third-order valence-corrected chi connectivity index (χ3v) is 4.21. The predicted molar refractivity (Wildman–Crippen MR) is 82.1 cm³/mol. The van der Waals surface area contributed by atoms with Gasteiger partial charge in [0, 0.05) is 11.8 Å². The van der Waals surface area contributed by atoms with Gasteiger partial charge < -0.3 is 5.73 Å². The van der Waals surface area contributed by atoms with E-state index in [1.165, 1.54) is 18.3 Å². The summed E-state index contributed by atoms with van der Waals surface area (Å²) in [7, 11) is -3.65. The Morgan fingerprint density at radius 1 is 1.25 bits per heavy atom. The second-order valence-electron chi connectivity index (χ2n) is 4.25. The molecule has 2 aromatic rings. The summed E-state index contributed by atoms with van der Waals surface area (Å²) in [5.41, 5.74) is 7.38. The number of nitrogens with zero attached hydrogens (tertiary/aromatic N) is 1. The van der Waals surface area contributed by atoms with Gasteiger partial charge >= 0.3 is 0 Å². The minimum atomic E-state index is -3.65. The first kappa shape index (κ1) is 14.4. The van der Waals surface area contributed by atoms with E-state index in [9.17, 15) is 8.42 Å². The van der Waals surface area contributed by atoms with E-state index in [2.05, 4.69) is 9.71 Å². The van der Waals surface area contributed by atoms with Gasteiger partial charge in [-0.25, -0.2) is 8.42 Å². The lowest BCUT2D eigenvalue weighted by molar-refractivity contribution is 0.601. The van der Waals surface area contributed by atoms with Crippen molar-refractivity contribution in [3.63, 3.8) is 0 Å². The monoisotopic (exact) mass is 307 g/mol. The molecule has 2 rings (SSSR count). The Labute approximate surface area is 122 Å². The molecule has 104 valence electrons. The van der Waals surface area contributed by atoms with Crippen molar-refractivity contribution in [1.82, 2.24) is 4.98 Å². The topological polar surface area (TPSA) is 85.1 Å². The molecule has 1 heterocycles. The highest BCUT2D eigenvalue weighted by molar-refractivity contribution is 7.92. The Balaban J connectivity index is 2.28. The summed E-state index contributed by atoms with van der Waals surface area (Å²) >= 11 is 4.82. The molecule has 0 aliphatic rings. The lowest BCUT2D eigenvalue weighted by Gasteiger charge is -2.08. The molecule has 3 N–H and O–H groups in total. The molecule has 0 amide bonds. The van der Waals surface area contributed by atoms with E-state index in [4.69, 9.17) is 18.0 Å². The number of hydrogen-bond donors (Lipinski definition) is 2. The fourth-order valence-electron chi connectivity index (χ4n) is 1.62. The molecule has 0 bridgehead atoms. The van der Waals surface area contributed by atoms with E-state index in [1.807, 2.05) is 6.92 Å². The van der Waals surface area contributed by atoms with Crippen molar-refractivity contribution in [2.75, 3.05) is 4.72 Å². The summed E-state index contributed by atoms with van der Waals surface area (Å²) in [5.74, 6) is 0. The molecule has 0 saturated heterocycles. The highest BCUT2D eigenvalue weighted by Gasteiger charge is 2.14. The zero-order valence-corrected chi connectivity index (χ0v) is 12.3. The summed E-state index contributed by atoms with van der Waals surface area (Å²) < 4.78 is 26.9. The zero-order chi connectivity index (χ0) is 14.8. The summed E-state index contributed by atoms with van der Waals surface area (Å²) in [6, 6.07) is 7.77. The third kappa shape index (κ3) is 3.31. The Morgan fingerprint density at radius 2 is 1.90 bits per heavy atom. The van der Waals surface area contributed by atoms with Crippen LogP contribution in [0.5, 0.6) is 0 Å². The standard InChI is InChI=1S/C13H13N3O2S2/c1-9-6-11(8-15-7-9)16-20(17,18)12-4-2-10(3-5-12)13(14)19/h2-8,16H,1H3,(H2,14,19). The maximum absolute atomic E-state index is 12.2. The first-order valence-electron chi connectivity index (χ1n) is 5.73. The van der Waals surface area contributed by atoms with E-state index in [0.717, 1.165) is 5.56 Å². The van der Waals surface area contributed by atoms with E-state index in [0.29, 0.717) is 11.3 Å². The minimum Gasteiger partial charge on any atom is -0.389 e. The van der Waals surface area contributed by atoms with Crippen molar-refractivity contribution >= 4 is 32.9 Å². The average molecular weight is 307 g/mol. The Kier molecular flexibility index (Phi) is 4.01. The van der Waals surface area contributed by atoms with Crippen LogP contribution in [-0.4, -0.2) is 18.4 Å². The van der Waals surface area contributed by atoms with Gasteiger partial charge in [0.25, 0.3) is 10.0 Å². The van der Waals surface area contributed by atoms with Crippen molar-refractivity contribution in [3.05, 3.63) is 53.9 Å². The third-order valence-electron chi connectivity index (χ3n) is 2.58. The summed E-state index contributed by atoms with van der Waals surface area (Å²) in [5, 5.41) is 0. The van der Waals surface area contributed by atoms with Gasteiger partial charge in [-0.1, -0.05) is 24.4 Å². The first-order valence-corrected chi connectivity index (χ1v) is 7.62. The fraction of sp³-hybridized carbons (Fsp3) is 0.0769. The van der Waals surface area contributed by atoms with E-state index in [-0.39, 0.29) is 9.88 Å². The average Bonchev–Trinajstić information content (AvgIpc) is 2.38. The molecule has 0 atom stereocenters. The molecule has 0 unspecified atom stereocenters. The van der Waals surface area contributed by atoms with Crippen LogP contribution in [0.3, 0.4) is 0 Å². The van der Waals surface area contributed by atoms with Crippen LogP contribution in [-0.2, 0) is 10.0 Å². The van der Waals surface area contributed by atoms with Crippen LogP contribution in [0.15, 0.2) is 47.6 Å². The number of thiocarbonyl (C=S) groups is 1. The molecule has 0 saturated carbocycles. The molecule has 0 fully saturated rings. The maximum atomic E-state index is 12.2. The maximum Gasteiger partial charge on any atom is 0.261 e. The van der Waals surface area contributed by atoms with Crippen molar-refractivity contribution < 1.29 is 8.42 Å². The highest BCUT2D eigenvalue weighted by atomic mass is 32.2. The quantitative estimate of drug-likeness (QED) is 0.842. The molecule has 0 radical (unpaired) electrons. The van der Waals surface area contributed by atoms with Crippen LogP contribution >= 0.6 is 12.2 Å².